The van der Waals surface area contributed by atoms with Crippen LogP contribution in [0.2, 0.25) is 0 Å². The molecule has 104 valence electrons. The van der Waals surface area contributed by atoms with Crippen LogP contribution in [0.4, 0.5) is 0 Å². The summed E-state index contributed by atoms with van der Waals surface area (Å²) in [5.74, 6) is 2.10. The molecule has 1 saturated heterocycles. The van der Waals surface area contributed by atoms with E-state index in [0.29, 0.717) is 11.8 Å². The highest BCUT2D eigenvalue weighted by Gasteiger charge is 2.18. The Hall–Kier alpha value is -0.600. The zero-order valence-corrected chi connectivity index (χ0v) is 12.9. The van der Waals surface area contributed by atoms with Crippen LogP contribution in [0, 0.1) is 12.8 Å². The largest absolute Gasteiger partial charge is 0.475 e. The topological polar surface area (TPSA) is 38.5 Å². The van der Waals surface area contributed by atoms with Crippen molar-refractivity contribution in [2.45, 2.75) is 33.6 Å². The van der Waals surface area contributed by atoms with Crippen molar-refractivity contribution < 1.29 is 9.26 Å². The Balaban J connectivity index is 0.000000771. The van der Waals surface area contributed by atoms with Gasteiger partial charge in [0.2, 0.25) is 0 Å². The van der Waals surface area contributed by atoms with Gasteiger partial charge in [-0.15, -0.1) is 0 Å². The number of rotatable bonds is 4. The Morgan fingerprint density at radius 1 is 1.44 bits per heavy atom. The molecular formula is C13H25N2O2P. The van der Waals surface area contributed by atoms with Crippen LogP contribution < -0.4 is 4.74 Å². The molecule has 0 amide bonds. The van der Waals surface area contributed by atoms with Crippen molar-refractivity contribution in [2.24, 2.45) is 5.92 Å². The van der Waals surface area contributed by atoms with Gasteiger partial charge in [0.25, 0.3) is 5.88 Å². The van der Waals surface area contributed by atoms with Gasteiger partial charge in [0, 0.05) is 19.2 Å². The zero-order valence-electron chi connectivity index (χ0n) is 11.9. The summed E-state index contributed by atoms with van der Waals surface area (Å²) in [6.45, 7) is 11.3. The van der Waals surface area contributed by atoms with Gasteiger partial charge in [0.05, 0.1) is 6.61 Å². The van der Waals surface area contributed by atoms with Gasteiger partial charge in [-0.2, -0.15) is 0 Å². The minimum absolute atomic E-state index is 0.622. The van der Waals surface area contributed by atoms with Crippen molar-refractivity contribution in [2.75, 3.05) is 26.4 Å². The smallest absolute Gasteiger partial charge is 0.254 e. The van der Waals surface area contributed by atoms with Crippen molar-refractivity contribution >= 4 is 8.73 Å². The molecule has 0 aliphatic carbocycles. The first-order valence-electron chi connectivity index (χ1n) is 6.76. The minimum Gasteiger partial charge on any atom is -0.475 e. The molecule has 1 aliphatic heterocycles. The van der Waals surface area contributed by atoms with Crippen molar-refractivity contribution in [3.8, 4) is 5.88 Å². The second-order valence-corrected chi connectivity index (χ2v) is 5.32. The summed E-state index contributed by atoms with van der Waals surface area (Å²) in [5.41, 5.74) is 0. The average Bonchev–Trinajstić information content (AvgIpc) is 2.85. The highest BCUT2D eigenvalue weighted by atomic mass is 31.1. The fourth-order valence-corrected chi connectivity index (χ4v) is 2.64. The molecule has 2 heterocycles. The monoisotopic (exact) mass is 272 g/mol. The lowest BCUT2D eigenvalue weighted by Gasteiger charge is -2.30. The molecule has 1 unspecified atom stereocenters. The van der Waals surface area contributed by atoms with Crippen LogP contribution in [0.5, 0.6) is 5.88 Å². The second kappa shape index (κ2) is 8.49. The van der Waals surface area contributed by atoms with Crippen molar-refractivity contribution in [1.82, 2.24) is 9.83 Å². The summed E-state index contributed by atoms with van der Waals surface area (Å²) in [6.07, 6.45) is 2.47. The molecule has 1 atom stereocenters. The van der Waals surface area contributed by atoms with Crippen molar-refractivity contribution in [1.29, 1.82) is 0 Å². The molecule has 1 fully saturated rings. The van der Waals surface area contributed by atoms with Crippen LogP contribution in [0.25, 0.3) is 0 Å². The van der Waals surface area contributed by atoms with E-state index in [9.17, 15) is 0 Å². The van der Waals surface area contributed by atoms with Crippen LogP contribution in [0.1, 0.15) is 32.4 Å². The molecule has 4 nitrogen and oxygen atoms in total. The van der Waals surface area contributed by atoms with Gasteiger partial charge < -0.3 is 9.26 Å². The van der Waals surface area contributed by atoms with Crippen LogP contribution in [-0.2, 0) is 0 Å². The summed E-state index contributed by atoms with van der Waals surface area (Å²) in [5, 5.41) is 3.83. The maximum atomic E-state index is 5.61. The summed E-state index contributed by atoms with van der Waals surface area (Å²) < 4.78 is 13.1. The first-order valence-corrected chi connectivity index (χ1v) is 8.21. The molecule has 0 bridgehead atoms. The molecule has 0 spiro atoms. The Kier molecular flexibility index (Phi) is 7.29. The molecule has 1 aromatic rings. The quantitative estimate of drug-likeness (QED) is 0.788. The fraction of sp³-hybridized carbons (Fsp3) is 0.769. The van der Waals surface area contributed by atoms with Crippen LogP contribution >= 0.6 is 8.73 Å². The standard InChI is InChI=1S/C11H19N2O2P.C2H6/c1-9-7-11(12-15-9)14-8-10-3-5-13(16-2)6-4-10;1-2/h7,10,16H,3-6,8H2,1-2H3;1-2H3. The summed E-state index contributed by atoms with van der Waals surface area (Å²) >= 11 is 0. The molecule has 1 aromatic heterocycles. The number of piperidine rings is 1. The second-order valence-electron chi connectivity index (χ2n) is 4.24. The molecule has 0 radical (unpaired) electrons. The predicted molar refractivity (Wildman–Crippen MR) is 76.6 cm³/mol. The van der Waals surface area contributed by atoms with E-state index in [1.807, 2.05) is 26.8 Å². The third-order valence-electron chi connectivity index (χ3n) is 3.00. The van der Waals surface area contributed by atoms with Gasteiger partial charge in [-0.3, -0.25) is 4.67 Å². The summed E-state index contributed by atoms with van der Waals surface area (Å²) in [4.78, 5) is 0. The number of hydrogen-bond acceptors (Lipinski definition) is 4. The van der Waals surface area contributed by atoms with E-state index < -0.39 is 0 Å². The zero-order chi connectivity index (χ0) is 13.4. The lowest BCUT2D eigenvalue weighted by molar-refractivity contribution is 0.178. The third-order valence-corrected chi connectivity index (χ3v) is 4.08. The van der Waals surface area contributed by atoms with Gasteiger partial charge in [0.1, 0.15) is 5.76 Å². The fourth-order valence-electron chi connectivity index (χ4n) is 1.94. The van der Waals surface area contributed by atoms with Gasteiger partial charge >= 0.3 is 0 Å². The maximum Gasteiger partial charge on any atom is 0.254 e. The molecule has 5 heteroatoms. The SMILES string of the molecule is CC.CPN1CCC(COc2cc(C)on2)CC1. The van der Waals surface area contributed by atoms with Gasteiger partial charge in [-0.1, -0.05) is 22.6 Å². The highest BCUT2D eigenvalue weighted by Crippen LogP contribution is 2.24. The molecular weight excluding hydrogens is 247 g/mol. The Morgan fingerprint density at radius 2 is 2.11 bits per heavy atom. The van der Waals surface area contributed by atoms with E-state index >= 15 is 0 Å². The first kappa shape index (κ1) is 15.5. The van der Waals surface area contributed by atoms with E-state index in [0.717, 1.165) is 21.1 Å². The van der Waals surface area contributed by atoms with E-state index in [2.05, 4.69) is 16.5 Å². The predicted octanol–water partition coefficient (Wildman–Crippen LogP) is 3.32. The molecule has 1 aliphatic rings. The van der Waals surface area contributed by atoms with Crippen LogP contribution in [-0.4, -0.2) is 36.2 Å². The van der Waals surface area contributed by atoms with Crippen LogP contribution in [0.15, 0.2) is 10.6 Å². The van der Waals surface area contributed by atoms with Crippen molar-refractivity contribution in [3.05, 3.63) is 11.8 Å². The maximum absolute atomic E-state index is 5.61. The average molecular weight is 272 g/mol. The van der Waals surface area contributed by atoms with Gasteiger partial charge in [-0.25, -0.2) is 0 Å². The molecule has 0 N–H and O–H groups in total. The van der Waals surface area contributed by atoms with Crippen LogP contribution in [0.3, 0.4) is 0 Å². The Labute approximate surface area is 112 Å². The van der Waals surface area contributed by atoms with Gasteiger partial charge in [0.15, 0.2) is 0 Å². The molecule has 2 rings (SSSR count). The number of ether oxygens (including phenoxy) is 1. The number of aryl methyl sites for hydroxylation is 1. The van der Waals surface area contributed by atoms with Crippen molar-refractivity contribution in [3.63, 3.8) is 0 Å². The lowest BCUT2D eigenvalue weighted by atomic mass is 9.99. The third kappa shape index (κ3) is 4.95. The van der Waals surface area contributed by atoms with Gasteiger partial charge in [-0.05, 0) is 37.5 Å². The Morgan fingerprint density at radius 3 is 2.61 bits per heavy atom. The minimum atomic E-state index is 0.622. The number of aromatic nitrogens is 1. The van der Waals surface area contributed by atoms with E-state index in [4.69, 9.17) is 9.26 Å². The normalized spacial score (nSPS) is 17.8. The highest BCUT2D eigenvalue weighted by molar-refractivity contribution is 7.34. The van der Waals surface area contributed by atoms with E-state index in [1.165, 1.54) is 25.9 Å². The van der Waals surface area contributed by atoms with E-state index in [1.54, 1.807) is 0 Å². The molecule has 0 aromatic carbocycles. The summed E-state index contributed by atoms with van der Waals surface area (Å²) in [7, 11) is 0.940. The Bertz CT molecular complexity index is 323. The lowest BCUT2D eigenvalue weighted by Crippen LogP contribution is -2.30. The summed E-state index contributed by atoms with van der Waals surface area (Å²) in [6, 6.07) is 1.84. The first-order chi connectivity index (χ1) is 8.78. The molecule has 0 saturated carbocycles. The number of hydrogen-bond donors (Lipinski definition) is 0. The molecule has 18 heavy (non-hydrogen) atoms. The number of nitrogens with zero attached hydrogens (tertiary/aromatic N) is 2. The van der Waals surface area contributed by atoms with E-state index in [-0.39, 0.29) is 0 Å².